The normalized spacial score (nSPS) is 20.2. The molecule has 0 spiro atoms. The van der Waals surface area contributed by atoms with Gasteiger partial charge < -0.3 is 18.9 Å². The molecule has 0 radical (unpaired) electrons. The molecule has 1 atom stereocenters. The first-order chi connectivity index (χ1) is 12.6. The Labute approximate surface area is 152 Å². The second-order valence-corrected chi connectivity index (χ2v) is 6.77. The molecule has 1 fully saturated rings. The van der Waals surface area contributed by atoms with E-state index in [1.54, 1.807) is 0 Å². The number of piperazine rings is 1. The molecule has 1 aromatic carbocycles. The largest absolute Gasteiger partial charge is 0.485 e. The lowest BCUT2D eigenvalue weighted by atomic mass is 10.1. The molecule has 0 N–H and O–H groups in total. The van der Waals surface area contributed by atoms with Crippen LogP contribution in [-0.2, 0) is 11.3 Å². The highest BCUT2D eigenvalue weighted by atomic mass is 16.6. The highest BCUT2D eigenvalue weighted by Gasteiger charge is 2.32. The third kappa shape index (κ3) is 3.26. The van der Waals surface area contributed by atoms with Gasteiger partial charge in [0.05, 0.1) is 5.69 Å². The first kappa shape index (κ1) is 16.9. The van der Waals surface area contributed by atoms with Gasteiger partial charge in [0.15, 0.2) is 11.5 Å². The number of hydrogen-bond acceptors (Lipinski definition) is 6. The molecule has 7 heteroatoms. The lowest BCUT2D eigenvalue weighted by molar-refractivity contribution is -0.143. The molecule has 1 aromatic heterocycles. The molecule has 0 aliphatic carbocycles. The number of ether oxygens (including phenoxy) is 2. The number of aromatic nitrogens is 1. The summed E-state index contributed by atoms with van der Waals surface area (Å²) in [7, 11) is 0. The van der Waals surface area contributed by atoms with Crippen LogP contribution in [0.3, 0.4) is 0 Å². The van der Waals surface area contributed by atoms with Crippen molar-refractivity contribution in [3.8, 4) is 11.5 Å². The van der Waals surface area contributed by atoms with Crippen molar-refractivity contribution < 1.29 is 18.8 Å². The van der Waals surface area contributed by atoms with Crippen LogP contribution in [0.2, 0.25) is 0 Å². The van der Waals surface area contributed by atoms with Crippen molar-refractivity contribution in [1.82, 2.24) is 15.0 Å². The summed E-state index contributed by atoms with van der Waals surface area (Å²) in [6.45, 7) is 7.97. The second kappa shape index (κ2) is 6.99. The number of carbonyl (C=O) groups excluding carboxylic acids is 1. The maximum absolute atomic E-state index is 12.8. The van der Waals surface area contributed by atoms with Crippen LogP contribution in [0.15, 0.2) is 28.8 Å². The van der Waals surface area contributed by atoms with Crippen LogP contribution in [-0.4, -0.2) is 59.8 Å². The topological polar surface area (TPSA) is 68.0 Å². The summed E-state index contributed by atoms with van der Waals surface area (Å²) in [5.74, 6) is 2.19. The molecule has 2 aromatic rings. The zero-order valence-electron chi connectivity index (χ0n) is 15.1. The van der Waals surface area contributed by atoms with E-state index < -0.39 is 6.10 Å². The number of carbonyl (C=O) groups is 1. The number of nitrogens with zero attached hydrogens (tertiary/aromatic N) is 3. The Morgan fingerprint density at radius 2 is 1.88 bits per heavy atom. The molecule has 0 bridgehead atoms. The first-order valence-electron chi connectivity index (χ1n) is 8.93. The van der Waals surface area contributed by atoms with Gasteiger partial charge in [-0.15, -0.1) is 0 Å². The molecule has 0 saturated carbocycles. The standard InChI is InChI=1S/C19H23N3O4/c1-13-15(14(2)26-20-13)11-21-7-9-22(10-8-21)19(23)18-12-24-16-5-3-4-6-17(16)25-18/h3-6,18H,7-12H2,1-2H3. The Balaban J connectivity index is 1.33. The fourth-order valence-electron chi connectivity index (χ4n) is 3.42. The Kier molecular flexibility index (Phi) is 4.55. The Morgan fingerprint density at radius 1 is 1.15 bits per heavy atom. The Morgan fingerprint density at radius 3 is 2.58 bits per heavy atom. The molecule has 3 heterocycles. The average Bonchev–Trinajstić information content (AvgIpc) is 2.99. The van der Waals surface area contributed by atoms with Gasteiger partial charge in [0, 0.05) is 38.3 Å². The fourth-order valence-corrected chi connectivity index (χ4v) is 3.42. The quantitative estimate of drug-likeness (QED) is 0.834. The van der Waals surface area contributed by atoms with E-state index in [0.29, 0.717) is 24.6 Å². The maximum atomic E-state index is 12.8. The predicted octanol–water partition coefficient (Wildman–Crippen LogP) is 1.78. The van der Waals surface area contributed by atoms with Crippen molar-refractivity contribution in [3.63, 3.8) is 0 Å². The molecule has 1 unspecified atom stereocenters. The third-order valence-corrected chi connectivity index (χ3v) is 5.03. The summed E-state index contributed by atoms with van der Waals surface area (Å²) in [6.07, 6.45) is -0.570. The molecule has 26 heavy (non-hydrogen) atoms. The van der Waals surface area contributed by atoms with Crippen LogP contribution in [0.4, 0.5) is 0 Å². The number of fused-ring (bicyclic) bond motifs is 1. The van der Waals surface area contributed by atoms with E-state index in [0.717, 1.165) is 36.7 Å². The SMILES string of the molecule is Cc1noc(C)c1CN1CCN(C(=O)C2COc3ccccc3O2)CC1. The molecular weight excluding hydrogens is 334 g/mol. The van der Waals surface area contributed by atoms with Gasteiger partial charge in [-0.1, -0.05) is 17.3 Å². The summed E-state index contributed by atoms with van der Waals surface area (Å²) >= 11 is 0. The fraction of sp³-hybridized carbons (Fsp3) is 0.474. The van der Waals surface area contributed by atoms with E-state index in [1.165, 1.54) is 0 Å². The predicted molar refractivity (Wildman–Crippen MR) is 94.2 cm³/mol. The third-order valence-electron chi connectivity index (χ3n) is 5.03. The van der Waals surface area contributed by atoms with Gasteiger partial charge in [0.2, 0.25) is 6.10 Å². The number of hydrogen-bond donors (Lipinski definition) is 0. The molecule has 138 valence electrons. The molecule has 1 amide bonds. The number of benzene rings is 1. The van der Waals surface area contributed by atoms with E-state index in [4.69, 9.17) is 14.0 Å². The van der Waals surface area contributed by atoms with Crippen molar-refractivity contribution in [2.75, 3.05) is 32.8 Å². The molecule has 2 aliphatic rings. The number of rotatable bonds is 3. The van der Waals surface area contributed by atoms with E-state index in [2.05, 4.69) is 10.1 Å². The monoisotopic (exact) mass is 357 g/mol. The van der Waals surface area contributed by atoms with Crippen molar-refractivity contribution in [3.05, 3.63) is 41.3 Å². The summed E-state index contributed by atoms with van der Waals surface area (Å²) in [4.78, 5) is 17.0. The highest BCUT2D eigenvalue weighted by molar-refractivity contribution is 5.82. The number of para-hydroxylation sites is 2. The first-order valence-corrected chi connectivity index (χ1v) is 8.93. The highest BCUT2D eigenvalue weighted by Crippen LogP contribution is 2.31. The lowest BCUT2D eigenvalue weighted by Crippen LogP contribution is -2.53. The molecule has 2 aliphatic heterocycles. The summed E-state index contributed by atoms with van der Waals surface area (Å²) in [5, 5.41) is 4.01. The van der Waals surface area contributed by atoms with Gasteiger partial charge >= 0.3 is 0 Å². The second-order valence-electron chi connectivity index (χ2n) is 6.77. The van der Waals surface area contributed by atoms with E-state index in [9.17, 15) is 4.79 Å². The Hall–Kier alpha value is -2.54. The number of aryl methyl sites for hydroxylation is 2. The van der Waals surface area contributed by atoms with Crippen LogP contribution in [0.1, 0.15) is 17.0 Å². The van der Waals surface area contributed by atoms with Crippen LogP contribution in [0.5, 0.6) is 11.5 Å². The van der Waals surface area contributed by atoms with Crippen molar-refractivity contribution in [2.45, 2.75) is 26.5 Å². The van der Waals surface area contributed by atoms with Gasteiger partial charge in [0.25, 0.3) is 5.91 Å². The zero-order chi connectivity index (χ0) is 18.1. The van der Waals surface area contributed by atoms with Gasteiger partial charge in [0.1, 0.15) is 12.4 Å². The van der Waals surface area contributed by atoms with Crippen LogP contribution in [0.25, 0.3) is 0 Å². The maximum Gasteiger partial charge on any atom is 0.267 e. The van der Waals surface area contributed by atoms with E-state index in [-0.39, 0.29) is 12.5 Å². The molecule has 4 rings (SSSR count). The summed E-state index contributed by atoms with van der Waals surface area (Å²) in [6, 6.07) is 7.45. The molecule has 7 nitrogen and oxygen atoms in total. The van der Waals surface area contributed by atoms with Crippen molar-refractivity contribution in [2.24, 2.45) is 0 Å². The summed E-state index contributed by atoms with van der Waals surface area (Å²) < 4.78 is 16.7. The van der Waals surface area contributed by atoms with E-state index in [1.807, 2.05) is 43.0 Å². The zero-order valence-corrected chi connectivity index (χ0v) is 15.1. The minimum Gasteiger partial charge on any atom is -0.485 e. The van der Waals surface area contributed by atoms with E-state index >= 15 is 0 Å². The van der Waals surface area contributed by atoms with Gasteiger partial charge in [-0.3, -0.25) is 9.69 Å². The van der Waals surface area contributed by atoms with Gasteiger partial charge in [-0.25, -0.2) is 0 Å². The molecule has 1 saturated heterocycles. The Bertz CT molecular complexity index is 776. The minimum atomic E-state index is -0.570. The minimum absolute atomic E-state index is 0.00325. The average molecular weight is 357 g/mol. The van der Waals surface area contributed by atoms with Gasteiger partial charge in [-0.2, -0.15) is 0 Å². The van der Waals surface area contributed by atoms with Gasteiger partial charge in [-0.05, 0) is 26.0 Å². The van der Waals surface area contributed by atoms with Crippen molar-refractivity contribution in [1.29, 1.82) is 0 Å². The molecular formula is C19H23N3O4. The van der Waals surface area contributed by atoms with Crippen LogP contribution < -0.4 is 9.47 Å². The van der Waals surface area contributed by atoms with Crippen LogP contribution in [0, 0.1) is 13.8 Å². The van der Waals surface area contributed by atoms with Crippen molar-refractivity contribution >= 4 is 5.91 Å². The van der Waals surface area contributed by atoms with Crippen LogP contribution >= 0.6 is 0 Å². The lowest BCUT2D eigenvalue weighted by Gasteiger charge is -2.37. The smallest absolute Gasteiger partial charge is 0.267 e. The number of amides is 1. The summed E-state index contributed by atoms with van der Waals surface area (Å²) in [5.41, 5.74) is 2.08.